The second-order valence-electron chi connectivity index (χ2n) is 5.21. The van der Waals surface area contributed by atoms with E-state index >= 15 is 0 Å². The number of nitrogens with zero attached hydrogens (tertiary/aromatic N) is 1. The van der Waals surface area contributed by atoms with Crippen molar-refractivity contribution in [2.24, 2.45) is 5.92 Å². The molecule has 1 fully saturated rings. The molecule has 1 aromatic rings. The van der Waals surface area contributed by atoms with E-state index in [4.69, 9.17) is 0 Å². The summed E-state index contributed by atoms with van der Waals surface area (Å²) in [6.45, 7) is 1.78. The lowest BCUT2D eigenvalue weighted by molar-refractivity contribution is 0.147. The van der Waals surface area contributed by atoms with Crippen molar-refractivity contribution in [3.8, 4) is 0 Å². The Hall–Kier alpha value is -1.00. The Bertz CT molecular complexity index is 387. The number of hydrogen-bond acceptors (Lipinski definition) is 2. The molecule has 0 aliphatic heterocycles. The van der Waals surface area contributed by atoms with E-state index in [1.54, 1.807) is 0 Å². The third-order valence-electron chi connectivity index (χ3n) is 3.32. The first kappa shape index (κ1) is 13.4. The van der Waals surface area contributed by atoms with Gasteiger partial charge < -0.3 is 10.0 Å². The molecule has 2 nitrogen and oxygen atoms in total. The highest BCUT2D eigenvalue weighted by atomic mass is 19.1. The summed E-state index contributed by atoms with van der Waals surface area (Å²) in [4.78, 5) is 2.16. The normalized spacial score (nSPS) is 17.2. The number of benzene rings is 1. The number of aliphatic hydroxyl groups is 1. The molecule has 1 N–H and O–H groups in total. The van der Waals surface area contributed by atoms with Crippen LogP contribution in [0.1, 0.15) is 30.9 Å². The van der Waals surface area contributed by atoms with Crippen molar-refractivity contribution in [1.29, 1.82) is 0 Å². The van der Waals surface area contributed by atoms with E-state index in [1.807, 2.05) is 7.05 Å². The lowest BCUT2D eigenvalue weighted by atomic mass is 10.1. The van der Waals surface area contributed by atoms with E-state index in [2.05, 4.69) is 4.90 Å². The molecule has 1 saturated carbocycles. The van der Waals surface area contributed by atoms with Crippen LogP contribution in [0.3, 0.4) is 0 Å². The second kappa shape index (κ2) is 5.76. The van der Waals surface area contributed by atoms with Crippen LogP contribution in [0.4, 0.5) is 8.78 Å². The van der Waals surface area contributed by atoms with Crippen LogP contribution in [-0.2, 0) is 0 Å². The molecular weight excluding hydrogens is 236 g/mol. The molecule has 1 aliphatic carbocycles. The first-order valence-corrected chi connectivity index (χ1v) is 6.37. The predicted molar refractivity (Wildman–Crippen MR) is 66.2 cm³/mol. The Morgan fingerprint density at radius 3 is 2.44 bits per heavy atom. The highest BCUT2D eigenvalue weighted by Gasteiger charge is 2.23. The fourth-order valence-corrected chi connectivity index (χ4v) is 2.11. The Kier molecular flexibility index (Phi) is 4.30. The van der Waals surface area contributed by atoms with E-state index in [0.29, 0.717) is 12.0 Å². The van der Waals surface area contributed by atoms with Crippen LogP contribution in [0.5, 0.6) is 0 Å². The van der Waals surface area contributed by atoms with Crippen molar-refractivity contribution in [2.75, 3.05) is 20.1 Å². The van der Waals surface area contributed by atoms with Crippen molar-refractivity contribution < 1.29 is 13.9 Å². The zero-order chi connectivity index (χ0) is 13.1. The average molecular weight is 255 g/mol. The molecule has 0 aromatic heterocycles. The minimum atomic E-state index is -0.808. The minimum Gasteiger partial charge on any atom is -0.388 e. The third-order valence-corrected chi connectivity index (χ3v) is 3.32. The first-order chi connectivity index (χ1) is 8.54. The van der Waals surface area contributed by atoms with Gasteiger partial charge in [0.25, 0.3) is 0 Å². The topological polar surface area (TPSA) is 23.5 Å². The molecule has 0 heterocycles. The molecule has 1 atom stereocenters. The molecule has 0 amide bonds. The maximum atomic E-state index is 13.0. The molecular formula is C14H19F2NO. The Morgan fingerprint density at radius 1 is 1.28 bits per heavy atom. The predicted octanol–water partition coefficient (Wildman–Crippen LogP) is 2.73. The van der Waals surface area contributed by atoms with Crippen molar-refractivity contribution >= 4 is 0 Å². The quantitative estimate of drug-likeness (QED) is 0.845. The number of aliphatic hydroxyl groups excluding tert-OH is 1. The van der Waals surface area contributed by atoms with Gasteiger partial charge in [-0.2, -0.15) is 0 Å². The van der Waals surface area contributed by atoms with Crippen LogP contribution >= 0.6 is 0 Å². The lowest BCUT2D eigenvalue weighted by Crippen LogP contribution is -2.23. The molecule has 1 aromatic carbocycles. The van der Waals surface area contributed by atoms with Gasteiger partial charge in [0.1, 0.15) is 11.6 Å². The van der Waals surface area contributed by atoms with Crippen molar-refractivity contribution in [2.45, 2.75) is 25.4 Å². The summed E-state index contributed by atoms with van der Waals surface area (Å²) in [5, 5.41) is 9.91. The molecule has 0 saturated heterocycles. The number of hydrogen-bond donors (Lipinski definition) is 1. The van der Waals surface area contributed by atoms with Crippen molar-refractivity contribution in [3.05, 3.63) is 35.4 Å². The first-order valence-electron chi connectivity index (χ1n) is 6.37. The molecule has 2 rings (SSSR count). The third kappa shape index (κ3) is 4.03. The zero-order valence-electron chi connectivity index (χ0n) is 10.6. The van der Waals surface area contributed by atoms with E-state index in [9.17, 15) is 13.9 Å². The van der Waals surface area contributed by atoms with Crippen molar-refractivity contribution in [1.82, 2.24) is 4.90 Å². The van der Waals surface area contributed by atoms with E-state index < -0.39 is 17.7 Å². The van der Waals surface area contributed by atoms with Gasteiger partial charge >= 0.3 is 0 Å². The summed E-state index contributed by atoms with van der Waals surface area (Å²) in [6, 6.07) is 3.19. The fraction of sp³-hybridized carbons (Fsp3) is 0.571. The summed E-state index contributed by atoms with van der Waals surface area (Å²) >= 11 is 0. The summed E-state index contributed by atoms with van der Waals surface area (Å²) in [6.07, 6.45) is 2.27. The average Bonchev–Trinajstić information content (AvgIpc) is 3.08. The van der Waals surface area contributed by atoms with Crippen LogP contribution < -0.4 is 0 Å². The number of rotatable bonds is 6. The molecule has 0 bridgehead atoms. The van der Waals surface area contributed by atoms with E-state index in [-0.39, 0.29) is 0 Å². The van der Waals surface area contributed by atoms with Crippen LogP contribution in [0.25, 0.3) is 0 Å². The smallest absolute Gasteiger partial charge is 0.126 e. The number of halogens is 2. The lowest BCUT2D eigenvalue weighted by Gasteiger charge is -2.18. The van der Waals surface area contributed by atoms with Gasteiger partial charge in [-0.25, -0.2) is 8.78 Å². The maximum Gasteiger partial charge on any atom is 0.126 e. The van der Waals surface area contributed by atoms with Gasteiger partial charge in [-0.15, -0.1) is 0 Å². The molecule has 18 heavy (non-hydrogen) atoms. The highest BCUT2D eigenvalue weighted by Crippen LogP contribution is 2.29. The molecule has 1 unspecified atom stereocenters. The Balaban J connectivity index is 1.84. The Labute approximate surface area is 106 Å². The SMILES string of the molecule is CN(CCC(O)c1cc(F)cc(F)c1)CC1CC1. The largest absolute Gasteiger partial charge is 0.388 e. The van der Waals surface area contributed by atoms with E-state index in [1.165, 1.54) is 25.0 Å². The van der Waals surface area contributed by atoms with Gasteiger partial charge in [0.2, 0.25) is 0 Å². The fourth-order valence-electron chi connectivity index (χ4n) is 2.11. The summed E-state index contributed by atoms with van der Waals surface area (Å²) < 4.78 is 26.0. The molecule has 100 valence electrons. The van der Waals surface area contributed by atoms with Crippen LogP contribution in [0.2, 0.25) is 0 Å². The molecule has 4 heteroatoms. The zero-order valence-corrected chi connectivity index (χ0v) is 10.6. The van der Waals surface area contributed by atoms with Crippen LogP contribution in [0, 0.1) is 17.6 Å². The van der Waals surface area contributed by atoms with Gasteiger partial charge in [0.05, 0.1) is 6.10 Å². The summed E-state index contributed by atoms with van der Waals surface area (Å²) in [7, 11) is 2.01. The minimum absolute atomic E-state index is 0.312. The Morgan fingerprint density at radius 2 is 1.89 bits per heavy atom. The monoisotopic (exact) mass is 255 g/mol. The van der Waals surface area contributed by atoms with Gasteiger partial charge in [-0.05, 0) is 49.9 Å². The summed E-state index contributed by atoms with van der Waals surface area (Å²) in [5.41, 5.74) is 0.312. The molecule has 0 spiro atoms. The van der Waals surface area contributed by atoms with Gasteiger partial charge in [-0.3, -0.25) is 0 Å². The summed E-state index contributed by atoms with van der Waals surface area (Å²) in [5.74, 6) is -0.482. The highest BCUT2D eigenvalue weighted by molar-refractivity contribution is 5.20. The van der Waals surface area contributed by atoms with Crippen molar-refractivity contribution in [3.63, 3.8) is 0 Å². The van der Waals surface area contributed by atoms with Gasteiger partial charge in [0, 0.05) is 19.2 Å². The van der Waals surface area contributed by atoms with Gasteiger partial charge in [0.15, 0.2) is 0 Å². The van der Waals surface area contributed by atoms with Crippen LogP contribution in [-0.4, -0.2) is 30.1 Å². The van der Waals surface area contributed by atoms with Gasteiger partial charge in [-0.1, -0.05) is 0 Å². The molecule has 0 radical (unpaired) electrons. The second-order valence-corrected chi connectivity index (χ2v) is 5.21. The van der Waals surface area contributed by atoms with E-state index in [0.717, 1.165) is 25.1 Å². The van der Waals surface area contributed by atoms with Crippen LogP contribution in [0.15, 0.2) is 18.2 Å². The standard InChI is InChI=1S/C14H19F2NO/c1-17(9-10-2-3-10)5-4-14(18)11-6-12(15)8-13(16)7-11/h6-8,10,14,18H,2-5,9H2,1H3. The maximum absolute atomic E-state index is 13.0. The molecule has 1 aliphatic rings.